The first-order valence-electron chi connectivity index (χ1n) is 8.60. The van der Waals surface area contributed by atoms with Crippen LogP contribution in [0.3, 0.4) is 0 Å². The van der Waals surface area contributed by atoms with E-state index >= 15 is 0 Å². The van der Waals surface area contributed by atoms with Crippen LogP contribution in [0.15, 0.2) is 91.0 Å². The predicted molar refractivity (Wildman–Crippen MR) is 103 cm³/mol. The minimum atomic E-state index is -0.159. The summed E-state index contributed by atoms with van der Waals surface area (Å²) in [7, 11) is 0. The summed E-state index contributed by atoms with van der Waals surface area (Å²) in [4.78, 5) is 14.5. The fourth-order valence-corrected chi connectivity index (χ4v) is 2.62. The van der Waals surface area contributed by atoms with Crippen molar-refractivity contribution in [3.63, 3.8) is 0 Å². The van der Waals surface area contributed by atoms with Gasteiger partial charge in [-0.25, -0.2) is 4.79 Å². The number of hydrogen-bond donors (Lipinski definition) is 1. The summed E-state index contributed by atoms with van der Waals surface area (Å²) in [5.74, 6) is 0.727. The molecule has 0 fully saturated rings. The van der Waals surface area contributed by atoms with Gasteiger partial charge in [-0.1, -0.05) is 78.9 Å². The highest BCUT2D eigenvalue weighted by Gasteiger charge is 2.14. The second-order valence-corrected chi connectivity index (χ2v) is 5.91. The molecule has 0 atom stereocenters. The zero-order chi connectivity index (χ0) is 18.0. The third-order valence-electron chi connectivity index (χ3n) is 3.93. The minimum absolute atomic E-state index is 0.128. The zero-order valence-corrected chi connectivity index (χ0v) is 14.5. The number of para-hydroxylation sites is 1. The van der Waals surface area contributed by atoms with Crippen molar-refractivity contribution in [2.45, 2.75) is 13.1 Å². The van der Waals surface area contributed by atoms with E-state index in [2.05, 4.69) is 5.32 Å². The van der Waals surface area contributed by atoms with E-state index < -0.39 is 0 Å². The maximum absolute atomic E-state index is 12.7. The average Bonchev–Trinajstić information content (AvgIpc) is 2.70. The third-order valence-corrected chi connectivity index (χ3v) is 3.93. The lowest BCUT2D eigenvalue weighted by Crippen LogP contribution is -2.40. The number of nitrogens with one attached hydrogen (secondary N) is 1. The first-order chi connectivity index (χ1) is 12.8. The van der Waals surface area contributed by atoms with Crippen molar-refractivity contribution in [1.29, 1.82) is 0 Å². The fourth-order valence-electron chi connectivity index (χ4n) is 2.62. The number of benzene rings is 3. The van der Waals surface area contributed by atoms with Gasteiger partial charge in [0.2, 0.25) is 0 Å². The van der Waals surface area contributed by atoms with E-state index in [0.29, 0.717) is 13.1 Å². The summed E-state index contributed by atoms with van der Waals surface area (Å²) in [5.41, 5.74) is 2.17. The second-order valence-electron chi connectivity index (χ2n) is 5.91. The topological polar surface area (TPSA) is 41.6 Å². The molecule has 0 bridgehead atoms. The molecule has 1 N–H and O–H groups in total. The Morgan fingerprint density at radius 3 is 1.69 bits per heavy atom. The molecule has 0 unspecified atom stereocenters. The maximum Gasteiger partial charge on any atom is 0.320 e. The molecule has 4 nitrogen and oxygen atoms in total. The molecule has 132 valence electrons. The number of ether oxygens (including phenoxy) is 1. The highest BCUT2D eigenvalue weighted by Crippen LogP contribution is 2.11. The van der Waals surface area contributed by atoms with E-state index in [4.69, 9.17) is 4.74 Å². The third kappa shape index (κ3) is 5.38. The van der Waals surface area contributed by atoms with E-state index in [1.165, 1.54) is 0 Å². The van der Waals surface area contributed by atoms with Crippen molar-refractivity contribution in [2.24, 2.45) is 0 Å². The Kier molecular flexibility index (Phi) is 6.26. The van der Waals surface area contributed by atoms with Gasteiger partial charge < -0.3 is 15.0 Å². The summed E-state index contributed by atoms with van der Waals surface area (Å²) < 4.78 is 5.57. The van der Waals surface area contributed by atoms with E-state index in [9.17, 15) is 4.79 Å². The summed E-state index contributed by atoms with van der Waals surface area (Å²) in [6, 6.07) is 29.2. The Hall–Kier alpha value is -3.27. The first-order valence-corrected chi connectivity index (χ1v) is 8.60. The second kappa shape index (κ2) is 9.28. The molecule has 3 aromatic carbocycles. The van der Waals surface area contributed by atoms with Crippen LogP contribution in [0.5, 0.6) is 5.75 Å². The number of hydrogen-bond acceptors (Lipinski definition) is 2. The standard InChI is InChI=1S/C22H22N2O2/c25-22(23-18-26-21-14-8-3-9-15-21)24(16-19-10-4-1-5-11-19)17-20-12-6-2-7-13-20/h1-15H,16-18H2,(H,23,25). The molecule has 3 aromatic rings. The molecule has 3 rings (SSSR count). The summed E-state index contributed by atoms with van der Waals surface area (Å²) in [6.45, 7) is 1.20. The van der Waals surface area contributed by atoms with E-state index in [1.807, 2.05) is 91.0 Å². The van der Waals surface area contributed by atoms with E-state index in [-0.39, 0.29) is 12.8 Å². The summed E-state index contributed by atoms with van der Waals surface area (Å²) in [6.07, 6.45) is 0. The number of carbonyl (C=O) groups excluding carboxylic acids is 1. The highest BCUT2D eigenvalue weighted by molar-refractivity contribution is 5.74. The molecular weight excluding hydrogens is 324 g/mol. The Morgan fingerprint density at radius 1 is 0.731 bits per heavy atom. The Bertz CT molecular complexity index is 751. The van der Waals surface area contributed by atoms with Gasteiger partial charge in [-0.05, 0) is 23.3 Å². The smallest absolute Gasteiger partial charge is 0.320 e. The van der Waals surface area contributed by atoms with Gasteiger partial charge in [0.05, 0.1) is 0 Å². The lowest BCUT2D eigenvalue weighted by atomic mass is 10.2. The van der Waals surface area contributed by atoms with Gasteiger partial charge in [0.1, 0.15) is 5.75 Å². The molecule has 26 heavy (non-hydrogen) atoms. The van der Waals surface area contributed by atoms with Crippen molar-refractivity contribution in [2.75, 3.05) is 6.73 Å². The van der Waals surface area contributed by atoms with Crippen molar-refractivity contribution in [3.8, 4) is 5.75 Å². The number of carbonyl (C=O) groups is 1. The van der Waals surface area contributed by atoms with Crippen LogP contribution in [0.4, 0.5) is 4.79 Å². The fraction of sp³-hybridized carbons (Fsp3) is 0.136. The SMILES string of the molecule is O=C(NCOc1ccccc1)N(Cc1ccccc1)Cc1ccccc1. The molecular formula is C22H22N2O2. The Balaban J connectivity index is 1.62. The normalized spacial score (nSPS) is 10.2. The number of amides is 2. The molecule has 2 amide bonds. The molecule has 0 spiro atoms. The van der Waals surface area contributed by atoms with Crippen LogP contribution in [-0.2, 0) is 13.1 Å². The van der Waals surface area contributed by atoms with Crippen molar-refractivity contribution < 1.29 is 9.53 Å². The van der Waals surface area contributed by atoms with Crippen LogP contribution < -0.4 is 10.1 Å². The lowest BCUT2D eigenvalue weighted by Gasteiger charge is -2.23. The molecule has 0 saturated heterocycles. The van der Waals surface area contributed by atoms with E-state index in [1.54, 1.807) is 4.90 Å². The van der Waals surface area contributed by atoms with Crippen LogP contribution in [0, 0.1) is 0 Å². The summed E-state index contributed by atoms with van der Waals surface area (Å²) >= 11 is 0. The molecule has 4 heteroatoms. The molecule has 0 heterocycles. The van der Waals surface area contributed by atoms with Crippen LogP contribution in [0.25, 0.3) is 0 Å². The van der Waals surface area contributed by atoms with Gasteiger partial charge in [-0.3, -0.25) is 0 Å². The minimum Gasteiger partial charge on any atom is -0.473 e. The quantitative estimate of drug-likeness (QED) is 0.643. The average molecular weight is 346 g/mol. The van der Waals surface area contributed by atoms with Crippen LogP contribution >= 0.6 is 0 Å². The zero-order valence-electron chi connectivity index (χ0n) is 14.5. The van der Waals surface area contributed by atoms with Crippen molar-refractivity contribution in [3.05, 3.63) is 102 Å². The molecule has 0 aliphatic rings. The van der Waals surface area contributed by atoms with Crippen molar-refractivity contribution >= 4 is 6.03 Å². The molecule has 0 aliphatic carbocycles. The van der Waals surface area contributed by atoms with Crippen LogP contribution in [0.1, 0.15) is 11.1 Å². The first kappa shape index (κ1) is 17.5. The molecule has 0 saturated carbocycles. The van der Waals surface area contributed by atoms with Gasteiger partial charge >= 0.3 is 6.03 Å². The predicted octanol–water partition coefficient (Wildman–Crippen LogP) is 4.43. The van der Waals surface area contributed by atoms with Crippen molar-refractivity contribution in [1.82, 2.24) is 10.2 Å². The number of rotatable bonds is 7. The lowest BCUT2D eigenvalue weighted by molar-refractivity contribution is 0.179. The Labute approximate surface area is 154 Å². The highest BCUT2D eigenvalue weighted by atomic mass is 16.5. The van der Waals surface area contributed by atoms with Gasteiger partial charge in [0, 0.05) is 13.1 Å². The van der Waals surface area contributed by atoms with Crippen LogP contribution in [-0.4, -0.2) is 17.7 Å². The molecule has 0 aromatic heterocycles. The van der Waals surface area contributed by atoms with E-state index in [0.717, 1.165) is 16.9 Å². The number of nitrogens with zero attached hydrogens (tertiary/aromatic N) is 1. The number of urea groups is 1. The molecule has 0 aliphatic heterocycles. The Morgan fingerprint density at radius 2 is 1.19 bits per heavy atom. The van der Waals surface area contributed by atoms with Gasteiger partial charge in [0.15, 0.2) is 6.73 Å². The van der Waals surface area contributed by atoms with Gasteiger partial charge in [-0.2, -0.15) is 0 Å². The summed E-state index contributed by atoms with van der Waals surface area (Å²) in [5, 5.41) is 2.84. The van der Waals surface area contributed by atoms with Crippen LogP contribution in [0.2, 0.25) is 0 Å². The molecule has 0 radical (unpaired) electrons. The largest absolute Gasteiger partial charge is 0.473 e. The monoisotopic (exact) mass is 346 g/mol. The van der Waals surface area contributed by atoms with Gasteiger partial charge in [0.25, 0.3) is 0 Å². The van der Waals surface area contributed by atoms with Gasteiger partial charge in [-0.15, -0.1) is 0 Å². The maximum atomic E-state index is 12.7.